The molecule has 0 amide bonds. The van der Waals surface area contributed by atoms with E-state index in [1.807, 2.05) is 0 Å². The van der Waals surface area contributed by atoms with Crippen molar-refractivity contribution >= 4 is 0 Å². The quantitative estimate of drug-likeness (QED) is 0.649. The van der Waals surface area contributed by atoms with Gasteiger partial charge in [0.25, 0.3) is 25.6 Å². The van der Waals surface area contributed by atoms with Crippen molar-refractivity contribution in [1.82, 2.24) is 0 Å². The van der Waals surface area contributed by atoms with Crippen molar-refractivity contribution in [3.63, 3.8) is 0 Å². The molecule has 0 bridgehead atoms. The lowest BCUT2D eigenvalue weighted by Gasteiger charge is -2.17. The van der Waals surface area contributed by atoms with Gasteiger partial charge in [-0.15, -0.1) is 0 Å². The highest BCUT2D eigenvalue weighted by molar-refractivity contribution is 4.57. The lowest BCUT2D eigenvalue weighted by molar-refractivity contribution is -0.164. The molecular formula is C8H12F6O3. The van der Waals surface area contributed by atoms with Crippen LogP contribution in [-0.4, -0.2) is 50.5 Å². The van der Waals surface area contributed by atoms with Crippen LogP contribution in [0.3, 0.4) is 0 Å². The molecule has 0 aromatic carbocycles. The molecule has 17 heavy (non-hydrogen) atoms. The average molecular weight is 270 g/mol. The molecule has 0 aliphatic carbocycles. The Morgan fingerprint density at radius 1 is 0.765 bits per heavy atom. The number of ether oxygens (including phenoxy) is 2. The van der Waals surface area contributed by atoms with Gasteiger partial charge < -0.3 is 14.6 Å². The SMILES string of the molecule is OCC(COC(F)C(F)F)COC(F)C(F)F. The van der Waals surface area contributed by atoms with E-state index in [-0.39, 0.29) is 0 Å². The first-order valence-electron chi connectivity index (χ1n) is 4.57. The standard InChI is InChI=1S/C8H12F6O3/c9-5(10)7(13)16-2-4(1-15)3-17-8(14)6(11)12/h4-8,15H,1-3H2. The molecule has 3 nitrogen and oxygen atoms in total. The predicted octanol–water partition coefficient (Wildman–Crippen LogP) is 1.75. The summed E-state index contributed by atoms with van der Waals surface area (Å²) >= 11 is 0. The molecular weight excluding hydrogens is 258 g/mol. The number of alkyl halides is 6. The van der Waals surface area contributed by atoms with Gasteiger partial charge in [0.05, 0.1) is 19.8 Å². The molecule has 2 unspecified atom stereocenters. The van der Waals surface area contributed by atoms with Gasteiger partial charge in [-0.1, -0.05) is 0 Å². The smallest absolute Gasteiger partial charge is 0.293 e. The van der Waals surface area contributed by atoms with Gasteiger partial charge in [0.2, 0.25) is 0 Å². The molecule has 0 saturated heterocycles. The Hall–Kier alpha value is -0.540. The molecule has 0 saturated carbocycles. The lowest BCUT2D eigenvalue weighted by Crippen LogP contribution is -2.28. The number of aliphatic hydroxyl groups excluding tert-OH is 1. The first kappa shape index (κ1) is 16.5. The van der Waals surface area contributed by atoms with Crippen molar-refractivity contribution in [3.8, 4) is 0 Å². The van der Waals surface area contributed by atoms with Crippen LogP contribution in [0.5, 0.6) is 0 Å². The van der Waals surface area contributed by atoms with Gasteiger partial charge in [0.1, 0.15) is 0 Å². The fourth-order valence-electron chi connectivity index (χ4n) is 0.755. The molecule has 104 valence electrons. The zero-order chi connectivity index (χ0) is 13.4. The number of aliphatic hydroxyl groups is 1. The summed E-state index contributed by atoms with van der Waals surface area (Å²) in [6.07, 6.45) is -12.4. The van der Waals surface area contributed by atoms with E-state index in [1.165, 1.54) is 0 Å². The molecule has 9 heteroatoms. The second kappa shape index (κ2) is 8.54. The summed E-state index contributed by atoms with van der Waals surface area (Å²) < 4.78 is 79.1. The molecule has 0 aliphatic heterocycles. The Morgan fingerprint density at radius 2 is 1.12 bits per heavy atom. The summed E-state index contributed by atoms with van der Waals surface area (Å²) in [5, 5.41) is 8.65. The normalized spacial score (nSPS) is 17.5. The van der Waals surface area contributed by atoms with Gasteiger partial charge in [-0.3, -0.25) is 0 Å². The van der Waals surface area contributed by atoms with E-state index >= 15 is 0 Å². The van der Waals surface area contributed by atoms with Crippen molar-refractivity contribution in [2.75, 3.05) is 19.8 Å². The molecule has 0 rings (SSSR count). The van der Waals surface area contributed by atoms with Crippen LogP contribution in [0.1, 0.15) is 0 Å². The van der Waals surface area contributed by atoms with Crippen molar-refractivity contribution in [2.45, 2.75) is 25.6 Å². The molecule has 0 radical (unpaired) electrons. The Bertz CT molecular complexity index is 176. The number of rotatable bonds is 9. The van der Waals surface area contributed by atoms with Gasteiger partial charge in [0.15, 0.2) is 0 Å². The van der Waals surface area contributed by atoms with Crippen LogP contribution in [0.2, 0.25) is 0 Å². The minimum atomic E-state index is -3.36. The van der Waals surface area contributed by atoms with Crippen LogP contribution in [0.15, 0.2) is 0 Å². The molecule has 0 spiro atoms. The largest absolute Gasteiger partial charge is 0.396 e. The topological polar surface area (TPSA) is 38.7 Å². The van der Waals surface area contributed by atoms with Gasteiger partial charge in [-0.05, 0) is 0 Å². The monoisotopic (exact) mass is 270 g/mol. The van der Waals surface area contributed by atoms with Gasteiger partial charge in [0, 0.05) is 5.92 Å². The molecule has 2 atom stereocenters. The van der Waals surface area contributed by atoms with E-state index < -0.39 is 51.3 Å². The highest BCUT2D eigenvalue weighted by Crippen LogP contribution is 2.12. The van der Waals surface area contributed by atoms with Gasteiger partial charge in [-0.25, -0.2) is 26.3 Å². The molecule has 0 heterocycles. The second-order valence-corrected chi connectivity index (χ2v) is 3.09. The highest BCUT2D eigenvalue weighted by Gasteiger charge is 2.24. The third kappa shape index (κ3) is 7.40. The third-order valence-electron chi connectivity index (χ3n) is 1.64. The van der Waals surface area contributed by atoms with Crippen LogP contribution in [0.4, 0.5) is 26.3 Å². The molecule has 0 aromatic heterocycles. The maximum absolute atomic E-state index is 12.3. The summed E-state index contributed by atoms with van der Waals surface area (Å²) in [7, 11) is 0. The zero-order valence-corrected chi connectivity index (χ0v) is 8.54. The van der Waals surface area contributed by atoms with Crippen molar-refractivity contribution in [3.05, 3.63) is 0 Å². The first-order chi connectivity index (χ1) is 7.88. The lowest BCUT2D eigenvalue weighted by atomic mass is 10.2. The highest BCUT2D eigenvalue weighted by atomic mass is 19.3. The molecule has 1 N–H and O–H groups in total. The van der Waals surface area contributed by atoms with E-state index in [4.69, 9.17) is 5.11 Å². The van der Waals surface area contributed by atoms with E-state index in [2.05, 4.69) is 9.47 Å². The van der Waals surface area contributed by atoms with Crippen LogP contribution in [0.25, 0.3) is 0 Å². The van der Waals surface area contributed by atoms with E-state index in [0.717, 1.165) is 0 Å². The minimum Gasteiger partial charge on any atom is -0.396 e. The summed E-state index contributed by atoms with van der Waals surface area (Å²) in [6, 6.07) is 0. The number of hydrogen-bond donors (Lipinski definition) is 1. The number of hydrogen-bond acceptors (Lipinski definition) is 3. The molecule has 0 fully saturated rings. The van der Waals surface area contributed by atoms with Crippen LogP contribution in [0, 0.1) is 5.92 Å². The number of halogens is 6. The summed E-state index contributed by atoms with van der Waals surface area (Å²) in [4.78, 5) is 0. The Labute approximate surface area is 93.3 Å². The third-order valence-corrected chi connectivity index (χ3v) is 1.64. The molecule has 0 aliphatic rings. The summed E-state index contributed by atoms with van der Waals surface area (Å²) in [5.41, 5.74) is 0. The summed E-state index contributed by atoms with van der Waals surface area (Å²) in [5.74, 6) is -1.07. The Morgan fingerprint density at radius 3 is 1.35 bits per heavy atom. The fourth-order valence-corrected chi connectivity index (χ4v) is 0.755. The Kier molecular flexibility index (Phi) is 8.26. The van der Waals surface area contributed by atoms with E-state index in [0.29, 0.717) is 0 Å². The summed E-state index contributed by atoms with van der Waals surface area (Å²) in [6.45, 7) is -2.10. The van der Waals surface area contributed by atoms with Gasteiger partial charge in [-0.2, -0.15) is 0 Å². The fraction of sp³-hybridized carbons (Fsp3) is 1.00. The van der Waals surface area contributed by atoms with E-state index in [9.17, 15) is 26.3 Å². The minimum absolute atomic E-state index is 0.696. The maximum atomic E-state index is 12.3. The van der Waals surface area contributed by atoms with E-state index in [1.54, 1.807) is 0 Å². The average Bonchev–Trinajstić information content (AvgIpc) is 2.28. The van der Waals surface area contributed by atoms with Crippen LogP contribution < -0.4 is 0 Å². The van der Waals surface area contributed by atoms with Crippen molar-refractivity contribution in [1.29, 1.82) is 0 Å². The predicted molar refractivity (Wildman–Crippen MR) is 44.3 cm³/mol. The molecule has 0 aromatic rings. The maximum Gasteiger partial charge on any atom is 0.293 e. The first-order valence-corrected chi connectivity index (χ1v) is 4.57. The van der Waals surface area contributed by atoms with Crippen molar-refractivity contribution < 1.29 is 40.9 Å². The van der Waals surface area contributed by atoms with Gasteiger partial charge >= 0.3 is 0 Å². The Balaban J connectivity index is 3.84. The van der Waals surface area contributed by atoms with Crippen LogP contribution >= 0.6 is 0 Å². The second-order valence-electron chi connectivity index (χ2n) is 3.09. The zero-order valence-electron chi connectivity index (χ0n) is 8.54. The van der Waals surface area contributed by atoms with Crippen molar-refractivity contribution in [2.24, 2.45) is 5.92 Å². The van der Waals surface area contributed by atoms with Crippen LogP contribution in [-0.2, 0) is 9.47 Å².